The highest BCUT2D eigenvalue weighted by molar-refractivity contribution is 6.08. The molecule has 0 N–H and O–H groups in total. The Labute approximate surface area is 107 Å². The molecule has 0 aromatic heterocycles. The number of rotatable bonds is 1. The van der Waals surface area contributed by atoms with Gasteiger partial charge in [0.2, 0.25) is 0 Å². The molecular formula is C16H14N2. The molecule has 0 fully saturated rings. The zero-order valence-corrected chi connectivity index (χ0v) is 10.2. The molecule has 2 atom stereocenters. The van der Waals surface area contributed by atoms with Gasteiger partial charge in [0.15, 0.2) is 0 Å². The summed E-state index contributed by atoms with van der Waals surface area (Å²) in [6.45, 7) is 2.23. The van der Waals surface area contributed by atoms with Crippen LogP contribution in [0.3, 0.4) is 0 Å². The van der Waals surface area contributed by atoms with Gasteiger partial charge in [0.1, 0.15) is 6.04 Å². The summed E-state index contributed by atoms with van der Waals surface area (Å²) < 4.78 is 0. The second-order valence-electron chi connectivity index (χ2n) is 4.94. The number of hydrogen-bond donors (Lipinski definition) is 0. The van der Waals surface area contributed by atoms with Crippen molar-refractivity contribution < 1.29 is 0 Å². The van der Waals surface area contributed by atoms with Gasteiger partial charge >= 0.3 is 0 Å². The second-order valence-corrected chi connectivity index (χ2v) is 4.94. The van der Waals surface area contributed by atoms with Crippen molar-refractivity contribution in [2.45, 2.75) is 19.0 Å². The van der Waals surface area contributed by atoms with Crippen molar-refractivity contribution in [2.24, 2.45) is 5.10 Å². The fourth-order valence-electron chi connectivity index (χ4n) is 3.01. The van der Waals surface area contributed by atoms with Crippen LogP contribution in [0.2, 0.25) is 0 Å². The molecule has 2 aromatic rings. The summed E-state index contributed by atoms with van der Waals surface area (Å²) in [6.07, 6.45) is 0. The lowest BCUT2D eigenvalue weighted by atomic mass is 9.94. The molecule has 2 heterocycles. The Bertz CT molecular complexity index is 631. The molecule has 88 valence electrons. The highest BCUT2D eigenvalue weighted by Gasteiger charge is 2.44. The Morgan fingerprint density at radius 1 is 0.889 bits per heavy atom. The van der Waals surface area contributed by atoms with E-state index in [9.17, 15) is 0 Å². The SMILES string of the molecule is C[C@@H]1c2ccccc2[C@H]2C(c3ccccc3)=NN12. The Morgan fingerprint density at radius 3 is 2.33 bits per heavy atom. The normalized spacial score (nSPS) is 24.1. The summed E-state index contributed by atoms with van der Waals surface area (Å²) >= 11 is 0. The first-order valence-electron chi connectivity index (χ1n) is 6.37. The molecule has 2 aliphatic heterocycles. The van der Waals surface area contributed by atoms with Gasteiger partial charge in [-0.3, -0.25) is 5.01 Å². The fraction of sp³-hybridized carbons (Fsp3) is 0.188. The van der Waals surface area contributed by atoms with Crippen LogP contribution in [-0.2, 0) is 0 Å². The summed E-state index contributed by atoms with van der Waals surface area (Å²) in [5.41, 5.74) is 5.27. The number of nitrogens with zero attached hydrogens (tertiary/aromatic N) is 2. The predicted molar refractivity (Wildman–Crippen MR) is 72.4 cm³/mol. The molecular weight excluding hydrogens is 220 g/mol. The smallest absolute Gasteiger partial charge is 0.117 e. The Kier molecular flexibility index (Phi) is 1.90. The van der Waals surface area contributed by atoms with Crippen LogP contribution >= 0.6 is 0 Å². The van der Waals surface area contributed by atoms with Gasteiger partial charge in [0.25, 0.3) is 0 Å². The van der Waals surface area contributed by atoms with Crippen LogP contribution in [0, 0.1) is 0 Å². The van der Waals surface area contributed by atoms with Gasteiger partial charge in [-0.25, -0.2) is 0 Å². The van der Waals surface area contributed by atoms with Gasteiger partial charge in [-0.1, -0.05) is 54.6 Å². The number of benzene rings is 2. The van der Waals surface area contributed by atoms with Crippen molar-refractivity contribution in [1.29, 1.82) is 0 Å². The lowest BCUT2D eigenvalue weighted by molar-refractivity contribution is 0.184. The summed E-state index contributed by atoms with van der Waals surface area (Å²) in [5.74, 6) is 0. The van der Waals surface area contributed by atoms with Crippen molar-refractivity contribution in [3.63, 3.8) is 0 Å². The van der Waals surface area contributed by atoms with Crippen LogP contribution in [0.1, 0.15) is 35.7 Å². The van der Waals surface area contributed by atoms with E-state index in [1.54, 1.807) is 0 Å². The molecule has 0 saturated carbocycles. The zero-order valence-electron chi connectivity index (χ0n) is 10.2. The van der Waals surface area contributed by atoms with Crippen LogP contribution in [0.15, 0.2) is 59.7 Å². The van der Waals surface area contributed by atoms with Gasteiger partial charge in [-0.15, -0.1) is 0 Å². The third-order valence-corrected chi connectivity index (χ3v) is 3.95. The van der Waals surface area contributed by atoms with Crippen molar-refractivity contribution in [1.82, 2.24) is 5.01 Å². The summed E-state index contributed by atoms with van der Waals surface area (Å²) in [6, 6.07) is 19.9. The van der Waals surface area contributed by atoms with E-state index in [-0.39, 0.29) is 0 Å². The molecule has 2 heteroatoms. The molecule has 0 bridgehead atoms. The monoisotopic (exact) mass is 234 g/mol. The van der Waals surface area contributed by atoms with Crippen LogP contribution in [0.4, 0.5) is 0 Å². The largest absolute Gasteiger partial charge is 0.276 e. The average Bonchev–Trinajstić information content (AvgIpc) is 2.59. The first-order valence-corrected chi connectivity index (χ1v) is 6.37. The molecule has 0 spiro atoms. The van der Waals surface area contributed by atoms with Crippen molar-refractivity contribution in [2.75, 3.05) is 0 Å². The van der Waals surface area contributed by atoms with Gasteiger partial charge in [0.05, 0.1) is 11.8 Å². The molecule has 0 saturated heterocycles. The van der Waals surface area contributed by atoms with Crippen LogP contribution in [0.25, 0.3) is 0 Å². The van der Waals surface area contributed by atoms with E-state index in [2.05, 4.69) is 60.5 Å². The highest BCUT2D eigenvalue weighted by Crippen LogP contribution is 2.48. The average molecular weight is 234 g/mol. The fourth-order valence-corrected chi connectivity index (χ4v) is 3.01. The lowest BCUT2D eigenvalue weighted by Gasteiger charge is -2.36. The molecule has 0 aliphatic carbocycles. The Balaban J connectivity index is 1.81. The number of hydrogen-bond acceptors (Lipinski definition) is 2. The third kappa shape index (κ3) is 1.15. The minimum atomic E-state index is 0.360. The third-order valence-electron chi connectivity index (χ3n) is 3.95. The van der Waals surface area contributed by atoms with Gasteiger partial charge < -0.3 is 0 Å². The predicted octanol–water partition coefficient (Wildman–Crippen LogP) is 3.52. The number of hydrazone groups is 1. The second kappa shape index (κ2) is 3.45. The van der Waals surface area contributed by atoms with E-state index in [4.69, 9.17) is 5.10 Å². The van der Waals surface area contributed by atoms with Crippen LogP contribution < -0.4 is 0 Å². The topological polar surface area (TPSA) is 15.6 Å². The van der Waals surface area contributed by atoms with Crippen LogP contribution in [0.5, 0.6) is 0 Å². The summed E-state index contributed by atoms with van der Waals surface area (Å²) in [5, 5.41) is 6.91. The molecule has 2 nitrogen and oxygen atoms in total. The minimum Gasteiger partial charge on any atom is -0.276 e. The maximum atomic E-state index is 4.70. The quantitative estimate of drug-likeness (QED) is 0.737. The van der Waals surface area contributed by atoms with E-state index in [0.29, 0.717) is 12.1 Å². The molecule has 2 aromatic carbocycles. The molecule has 0 amide bonds. The van der Waals surface area contributed by atoms with Crippen molar-refractivity contribution in [3.8, 4) is 0 Å². The van der Waals surface area contributed by atoms with Gasteiger partial charge in [-0.2, -0.15) is 5.10 Å². The Morgan fingerprint density at radius 2 is 1.56 bits per heavy atom. The van der Waals surface area contributed by atoms with Crippen LogP contribution in [-0.4, -0.2) is 10.7 Å². The Hall–Kier alpha value is -2.09. The van der Waals surface area contributed by atoms with Crippen molar-refractivity contribution >= 4 is 5.71 Å². The first kappa shape index (κ1) is 9.89. The van der Waals surface area contributed by atoms with E-state index < -0.39 is 0 Å². The van der Waals surface area contributed by atoms with Crippen molar-refractivity contribution in [3.05, 3.63) is 71.3 Å². The van der Waals surface area contributed by atoms with E-state index in [1.165, 1.54) is 22.4 Å². The van der Waals surface area contributed by atoms with E-state index in [0.717, 1.165) is 0 Å². The van der Waals surface area contributed by atoms with E-state index in [1.807, 2.05) is 6.07 Å². The molecule has 0 unspecified atom stereocenters. The maximum Gasteiger partial charge on any atom is 0.117 e. The first-order chi connectivity index (χ1) is 8.86. The maximum absolute atomic E-state index is 4.70. The minimum absolute atomic E-state index is 0.360. The zero-order chi connectivity index (χ0) is 12.1. The highest BCUT2D eigenvalue weighted by atomic mass is 15.6. The van der Waals surface area contributed by atoms with Gasteiger partial charge in [0, 0.05) is 5.56 Å². The molecule has 18 heavy (non-hydrogen) atoms. The standard InChI is InChI=1S/C16H14N2/c1-11-13-9-5-6-10-14(13)16-15(17-18(11)16)12-7-3-2-4-8-12/h2-11,16H,1H3/t11-,16+/m1/s1. The summed E-state index contributed by atoms with van der Waals surface area (Å²) in [7, 11) is 0. The van der Waals surface area contributed by atoms with Gasteiger partial charge in [-0.05, 0) is 18.1 Å². The molecule has 4 rings (SSSR count). The lowest BCUT2D eigenvalue weighted by Crippen LogP contribution is -2.37. The molecule has 0 radical (unpaired) electrons. The summed E-state index contributed by atoms with van der Waals surface area (Å²) in [4.78, 5) is 0. The number of fused-ring (bicyclic) bond motifs is 3. The van der Waals surface area contributed by atoms with E-state index >= 15 is 0 Å². The molecule has 2 aliphatic rings.